The van der Waals surface area contributed by atoms with Gasteiger partial charge in [0.1, 0.15) is 15.9 Å². The molecule has 0 spiro atoms. The van der Waals surface area contributed by atoms with Gasteiger partial charge in [-0.2, -0.15) is 0 Å². The Labute approximate surface area is 130 Å². The van der Waals surface area contributed by atoms with E-state index in [4.69, 9.17) is 10.8 Å². The van der Waals surface area contributed by atoms with Crippen LogP contribution in [0.3, 0.4) is 0 Å². The molecule has 0 saturated heterocycles. The zero-order valence-electron chi connectivity index (χ0n) is 11.2. The number of anilines is 1. The maximum Gasteiger partial charge on any atom is 0.326 e. The van der Waals surface area contributed by atoms with Gasteiger partial charge in [-0.1, -0.05) is 15.9 Å². The predicted molar refractivity (Wildman–Crippen MR) is 81.8 cm³/mol. The SMILES string of the molecule is CS(=O)(=O)CCC(NC(=O)c1ccc(Br)cc1N)C(=O)O. The van der Waals surface area contributed by atoms with E-state index in [-0.39, 0.29) is 23.4 Å². The molecule has 0 fully saturated rings. The van der Waals surface area contributed by atoms with Gasteiger partial charge in [-0.3, -0.25) is 4.79 Å². The fourth-order valence-electron chi connectivity index (χ4n) is 1.57. The van der Waals surface area contributed by atoms with Crippen LogP contribution in [-0.4, -0.2) is 43.5 Å². The molecule has 116 valence electrons. The summed E-state index contributed by atoms with van der Waals surface area (Å²) < 4.78 is 22.8. The van der Waals surface area contributed by atoms with Crippen LogP contribution in [0.2, 0.25) is 0 Å². The summed E-state index contributed by atoms with van der Waals surface area (Å²) in [6.07, 6.45) is 0.788. The number of nitrogens with two attached hydrogens (primary N) is 1. The largest absolute Gasteiger partial charge is 0.480 e. The molecule has 1 unspecified atom stereocenters. The molecular weight excluding hydrogens is 364 g/mol. The summed E-state index contributed by atoms with van der Waals surface area (Å²) in [7, 11) is -3.31. The van der Waals surface area contributed by atoms with E-state index in [1.165, 1.54) is 12.1 Å². The first kappa shape index (κ1) is 17.4. The highest BCUT2D eigenvalue weighted by Crippen LogP contribution is 2.18. The molecule has 7 nitrogen and oxygen atoms in total. The van der Waals surface area contributed by atoms with Crippen LogP contribution < -0.4 is 11.1 Å². The lowest BCUT2D eigenvalue weighted by molar-refractivity contribution is -0.139. The Kier molecular flexibility index (Phi) is 5.73. The number of aliphatic carboxylic acids is 1. The van der Waals surface area contributed by atoms with Gasteiger partial charge in [0, 0.05) is 16.4 Å². The number of sulfone groups is 1. The van der Waals surface area contributed by atoms with Crippen molar-refractivity contribution in [3.05, 3.63) is 28.2 Å². The third-order valence-corrected chi connectivity index (χ3v) is 4.11. The lowest BCUT2D eigenvalue weighted by Gasteiger charge is -2.15. The van der Waals surface area contributed by atoms with E-state index in [0.29, 0.717) is 4.47 Å². The Morgan fingerprint density at radius 2 is 2.05 bits per heavy atom. The monoisotopic (exact) mass is 378 g/mol. The molecular formula is C12H15BrN2O5S. The van der Waals surface area contributed by atoms with Gasteiger partial charge < -0.3 is 16.2 Å². The van der Waals surface area contributed by atoms with Gasteiger partial charge in [-0.05, 0) is 24.6 Å². The maximum atomic E-state index is 12.0. The van der Waals surface area contributed by atoms with E-state index in [9.17, 15) is 18.0 Å². The zero-order valence-corrected chi connectivity index (χ0v) is 13.6. The number of halogens is 1. The number of benzene rings is 1. The maximum absolute atomic E-state index is 12.0. The smallest absolute Gasteiger partial charge is 0.326 e. The number of rotatable bonds is 6. The van der Waals surface area contributed by atoms with Crippen molar-refractivity contribution < 1.29 is 23.1 Å². The third kappa shape index (κ3) is 5.72. The van der Waals surface area contributed by atoms with Gasteiger partial charge >= 0.3 is 5.97 Å². The van der Waals surface area contributed by atoms with E-state index in [1.807, 2.05) is 0 Å². The Bertz CT molecular complexity index is 660. The van der Waals surface area contributed by atoms with E-state index in [0.717, 1.165) is 6.26 Å². The van der Waals surface area contributed by atoms with Crippen LogP contribution in [0.25, 0.3) is 0 Å². The summed E-state index contributed by atoms with van der Waals surface area (Å²) in [6.45, 7) is 0. The second-order valence-corrected chi connectivity index (χ2v) is 7.69. The average molecular weight is 379 g/mol. The number of nitrogens with one attached hydrogen (secondary N) is 1. The van der Waals surface area contributed by atoms with Crippen LogP contribution in [0.1, 0.15) is 16.8 Å². The number of carbonyl (C=O) groups is 2. The van der Waals surface area contributed by atoms with Crippen LogP contribution in [0.4, 0.5) is 5.69 Å². The first-order valence-electron chi connectivity index (χ1n) is 5.86. The van der Waals surface area contributed by atoms with Gasteiger partial charge in [0.25, 0.3) is 5.91 Å². The summed E-state index contributed by atoms with van der Waals surface area (Å²) in [5, 5.41) is 11.3. The van der Waals surface area contributed by atoms with Gasteiger partial charge in [-0.15, -0.1) is 0 Å². The standard InChI is InChI=1S/C12H15BrN2O5S/c1-21(19,20)5-4-10(12(17)18)15-11(16)8-3-2-7(13)6-9(8)14/h2-3,6,10H,4-5,14H2,1H3,(H,15,16)(H,17,18). The van der Waals surface area contributed by atoms with Crippen molar-refractivity contribution in [3.63, 3.8) is 0 Å². The average Bonchev–Trinajstić information content (AvgIpc) is 2.32. The first-order valence-corrected chi connectivity index (χ1v) is 8.72. The van der Waals surface area contributed by atoms with E-state index in [2.05, 4.69) is 21.2 Å². The molecule has 21 heavy (non-hydrogen) atoms. The molecule has 1 aromatic rings. The molecule has 1 atom stereocenters. The minimum absolute atomic E-state index is 0.129. The number of hydrogen-bond acceptors (Lipinski definition) is 5. The summed E-state index contributed by atoms with van der Waals surface area (Å²) in [5.41, 5.74) is 6.00. The lowest BCUT2D eigenvalue weighted by atomic mass is 10.1. The van der Waals surface area contributed by atoms with Crippen molar-refractivity contribution in [2.45, 2.75) is 12.5 Å². The van der Waals surface area contributed by atoms with Gasteiger partial charge in [0.05, 0.1) is 11.3 Å². The van der Waals surface area contributed by atoms with Gasteiger partial charge in [0.15, 0.2) is 0 Å². The number of hydrogen-bond donors (Lipinski definition) is 3. The Morgan fingerprint density at radius 1 is 1.43 bits per heavy atom. The predicted octanol–water partition coefficient (Wildman–Crippen LogP) is 0.649. The van der Waals surface area contributed by atoms with E-state index in [1.54, 1.807) is 6.07 Å². The molecule has 0 aromatic heterocycles. The number of carboxylic acids is 1. The van der Waals surface area contributed by atoms with Crippen LogP contribution >= 0.6 is 15.9 Å². The van der Waals surface area contributed by atoms with Crippen molar-refractivity contribution in [3.8, 4) is 0 Å². The van der Waals surface area contributed by atoms with Crippen LogP contribution in [0.5, 0.6) is 0 Å². The molecule has 4 N–H and O–H groups in total. The molecule has 0 saturated carbocycles. The minimum atomic E-state index is -3.31. The van der Waals surface area contributed by atoms with Crippen LogP contribution in [0.15, 0.2) is 22.7 Å². The molecule has 0 aliphatic carbocycles. The van der Waals surface area contributed by atoms with Crippen LogP contribution in [0, 0.1) is 0 Å². The molecule has 0 radical (unpaired) electrons. The number of nitrogen functional groups attached to an aromatic ring is 1. The number of amides is 1. The zero-order chi connectivity index (χ0) is 16.2. The fourth-order valence-corrected chi connectivity index (χ4v) is 2.61. The van der Waals surface area contributed by atoms with Crippen molar-refractivity contribution in [2.75, 3.05) is 17.7 Å². The fraction of sp³-hybridized carbons (Fsp3) is 0.333. The summed E-state index contributed by atoms with van der Waals surface area (Å²) in [4.78, 5) is 23.1. The van der Waals surface area contributed by atoms with Crippen LogP contribution in [-0.2, 0) is 14.6 Å². The molecule has 1 amide bonds. The molecule has 0 bridgehead atoms. The lowest BCUT2D eigenvalue weighted by Crippen LogP contribution is -2.42. The second kappa shape index (κ2) is 6.90. The summed E-state index contributed by atoms with van der Waals surface area (Å²) >= 11 is 3.19. The molecule has 1 aromatic carbocycles. The van der Waals surface area contributed by atoms with Crippen molar-refractivity contribution >= 4 is 43.3 Å². The Balaban J connectivity index is 2.84. The molecule has 1 rings (SSSR count). The quantitative estimate of drug-likeness (QED) is 0.623. The van der Waals surface area contributed by atoms with Crippen molar-refractivity contribution in [1.82, 2.24) is 5.32 Å². The number of carbonyl (C=O) groups excluding carboxylic acids is 1. The molecule has 0 heterocycles. The van der Waals surface area contributed by atoms with Crippen molar-refractivity contribution in [2.24, 2.45) is 0 Å². The highest BCUT2D eigenvalue weighted by Gasteiger charge is 2.23. The molecule has 0 aliphatic rings. The summed E-state index contributed by atoms with van der Waals surface area (Å²) in [6, 6.07) is 3.26. The second-order valence-electron chi connectivity index (χ2n) is 4.51. The Hall–Kier alpha value is -1.61. The minimum Gasteiger partial charge on any atom is -0.480 e. The van der Waals surface area contributed by atoms with E-state index < -0.39 is 27.8 Å². The molecule has 0 aliphatic heterocycles. The first-order chi connectivity index (χ1) is 9.60. The highest BCUT2D eigenvalue weighted by molar-refractivity contribution is 9.10. The molecule has 9 heteroatoms. The van der Waals surface area contributed by atoms with Gasteiger partial charge in [0.2, 0.25) is 0 Å². The van der Waals surface area contributed by atoms with Gasteiger partial charge in [-0.25, -0.2) is 13.2 Å². The summed E-state index contributed by atoms with van der Waals surface area (Å²) in [5.74, 6) is -2.30. The topological polar surface area (TPSA) is 127 Å². The number of carboxylic acid groups (broad SMARTS) is 1. The van der Waals surface area contributed by atoms with Crippen molar-refractivity contribution in [1.29, 1.82) is 0 Å². The Morgan fingerprint density at radius 3 is 2.52 bits per heavy atom. The highest BCUT2D eigenvalue weighted by atomic mass is 79.9. The normalized spacial score (nSPS) is 12.7. The third-order valence-electron chi connectivity index (χ3n) is 2.64. The van der Waals surface area contributed by atoms with E-state index >= 15 is 0 Å².